The number of rotatable bonds is 2. The van der Waals surface area contributed by atoms with Crippen molar-refractivity contribution in [2.45, 2.75) is 25.7 Å². The van der Waals surface area contributed by atoms with Crippen molar-refractivity contribution >= 4 is 11.6 Å². The number of amides is 1. The van der Waals surface area contributed by atoms with E-state index in [0.717, 1.165) is 30.6 Å². The summed E-state index contributed by atoms with van der Waals surface area (Å²) in [6.07, 6.45) is 6.13. The molecule has 1 heterocycles. The predicted molar refractivity (Wildman–Crippen MR) is 73.1 cm³/mol. The molecule has 0 fully saturated rings. The number of aryl methyl sites for hydroxylation is 1. The summed E-state index contributed by atoms with van der Waals surface area (Å²) in [7, 11) is 0. The minimum absolute atomic E-state index is 0.357. The monoisotopic (exact) mass is 256 g/mol. The molecule has 0 aliphatic heterocycles. The summed E-state index contributed by atoms with van der Waals surface area (Å²) in [6, 6.07) is 5.32. The van der Waals surface area contributed by atoms with Gasteiger partial charge in [0, 0.05) is 5.69 Å². The Morgan fingerprint density at radius 3 is 2.84 bits per heavy atom. The topological polar surface area (TPSA) is 86.9 Å². The number of nitrogens with zero attached hydrogens (tertiary/aromatic N) is 2. The highest BCUT2D eigenvalue weighted by molar-refractivity contribution is 5.99. The van der Waals surface area contributed by atoms with E-state index in [2.05, 4.69) is 4.98 Å². The number of anilines is 1. The first-order chi connectivity index (χ1) is 9.18. The lowest BCUT2D eigenvalue weighted by Gasteiger charge is -2.16. The van der Waals surface area contributed by atoms with Gasteiger partial charge in [0.05, 0.1) is 29.0 Å². The fourth-order valence-electron chi connectivity index (χ4n) is 2.65. The number of nitrogen functional groups attached to an aromatic ring is 1. The molecule has 0 bridgehead atoms. The first-order valence-electron chi connectivity index (χ1n) is 6.42. The Kier molecular flexibility index (Phi) is 2.74. The zero-order chi connectivity index (χ0) is 13.4. The van der Waals surface area contributed by atoms with Gasteiger partial charge in [-0.2, -0.15) is 0 Å². The molecular weight excluding hydrogens is 240 g/mol. The standard InChI is InChI=1S/C14H16N4O/c15-13-9(14(16)19)4-3-7-12(13)18-8-17-10-5-1-2-6-11(10)18/h3-4,7-8H,1-2,5-6,15H2,(H2,16,19). The summed E-state index contributed by atoms with van der Waals surface area (Å²) in [5.41, 5.74) is 15.3. The first kappa shape index (κ1) is 11.8. The Hall–Kier alpha value is -2.30. The van der Waals surface area contributed by atoms with E-state index < -0.39 is 5.91 Å². The zero-order valence-corrected chi connectivity index (χ0v) is 10.6. The van der Waals surface area contributed by atoms with Gasteiger partial charge in [-0.15, -0.1) is 0 Å². The van der Waals surface area contributed by atoms with Crippen LogP contribution in [-0.4, -0.2) is 15.5 Å². The molecule has 5 nitrogen and oxygen atoms in total. The molecule has 0 radical (unpaired) electrons. The van der Waals surface area contributed by atoms with Gasteiger partial charge < -0.3 is 16.0 Å². The van der Waals surface area contributed by atoms with E-state index >= 15 is 0 Å². The molecule has 0 saturated heterocycles. The number of fused-ring (bicyclic) bond motifs is 1. The van der Waals surface area contributed by atoms with Crippen molar-refractivity contribution < 1.29 is 4.79 Å². The maximum atomic E-state index is 11.3. The fourth-order valence-corrected chi connectivity index (χ4v) is 2.65. The van der Waals surface area contributed by atoms with Crippen LogP contribution in [0, 0.1) is 0 Å². The number of carbonyl (C=O) groups excluding carboxylic acids is 1. The Morgan fingerprint density at radius 2 is 2.05 bits per heavy atom. The van der Waals surface area contributed by atoms with Crippen molar-refractivity contribution in [3.8, 4) is 5.69 Å². The normalized spacial score (nSPS) is 14.1. The Labute approximate surface area is 111 Å². The Bertz CT molecular complexity index is 645. The van der Waals surface area contributed by atoms with Crippen LogP contribution in [0.25, 0.3) is 5.69 Å². The number of primary amides is 1. The Balaban J connectivity index is 2.15. The molecule has 2 aromatic rings. The van der Waals surface area contributed by atoms with Crippen LogP contribution in [-0.2, 0) is 12.8 Å². The highest BCUT2D eigenvalue weighted by Gasteiger charge is 2.18. The third-order valence-electron chi connectivity index (χ3n) is 3.64. The molecule has 1 aromatic carbocycles. The van der Waals surface area contributed by atoms with Crippen LogP contribution in [0.5, 0.6) is 0 Å². The summed E-state index contributed by atoms with van der Waals surface area (Å²) in [4.78, 5) is 15.8. The molecule has 3 rings (SSSR count). The molecule has 5 heteroatoms. The molecule has 1 amide bonds. The van der Waals surface area contributed by atoms with Crippen LogP contribution in [0.4, 0.5) is 5.69 Å². The third-order valence-corrected chi connectivity index (χ3v) is 3.64. The van der Waals surface area contributed by atoms with Crippen molar-refractivity contribution in [3.63, 3.8) is 0 Å². The smallest absolute Gasteiger partial charge is 0.250 e. The average molecular weight is 256 g/mol. The van der Waals surface area contributed by atoms with Crippen LogP contribution in [0.15, 0.2) is 24.5 Å². The van der Waals surface area contributed by atoms with Crippen LogP contribution < -0.4 is 11.5 Å². The minimum Gasteiger partial charge on any atom is -0.396 e. The van der Waals surface area contributed by atoms with Crippen LogP contribution >= 0.6 is 0 Å². The van der Waals surface area contributed by atoms with Crippen molar-refractivity contribution in [2.24, 2.45) is 5.73 Å². The van der Waals surface area contributed by atoms with Gasteiger partial charge >= 0.3 is 0 Å². The number of hydrogen-bond acceptors (Lipinski definition) is 3. The largest absolute Gasteiger partial charge is 0.396 e. The van der Waals surface area contributed by atoms with E-state index in [1.807, 2.05) is 10.6 Å². The maximum absolute atomic E-state index is 11.3. The van der Waals surface area contributed by atoms with Crippen LogP contribution in [0.3, 0.4) is 0 Å². The second-order valence-corrected chi connectivity index (χ2v) is 4.82. The molecule has 19 heavy (non-hydrogen) atoms. The van der Waals surface area contributed by atoms with Crippen molar-refractivity contribution in [3.05, 3.63) is 41.5 Å². The summed E-state index contributed by atoms with van der Waals surface area (Å²) < 4.78 is 1.98. The molecule has 1 aromatic heterocycles. The fraction of sp³-hybridized carbons (Fsp3) is 0.286. The summed E-state index contributed by atoms with van der Waals surface area (Å²) in [5.74, 6) is -0.506. The highest BCUT2D eigenvalue weighted by Crippen LogP contribution is 2.27. The van der Waals surface area contributed by atoms with Gasteiger partial charge in [0.1, 0.15) is 0 Å². The van der Waals surface area contributed by atoms with E-state index in [-0.39, 0.29) is 0 Å². The van der Waals surface area contributed by atoms with Crippen LogP contribution in [0.2, 0.25) is 0 Å². The van der Waals surface area contributed by atoms with Gasteiger partial charge in [-0.25, -0.2) is 4.98 Å². The van der Waals surface area contributed by atoms with E-state index in [0.29, 0.717) is 11.3 Å². The molecular formula is C14H16N4O. The maximum Gasteiger partial charge on any atom is 0.250 e. The number of para-hydroxylation sites is 1. The second-order valence-electron chi connectivity index (χ2n) is 4.82. The minimum atomic E-state index is -0.506. The van der Waals surface area contributed by atoms with E-state index in [1.165, 1.54) is 12.1 Å². The van der Waals surface area contributed by atoms with E-state index in [4.69, 9.17) is 11.5 Å². The lowest BCUT2D eigenvalue weighted by atomic mass is 10.0. The van der Waals surface area contributed by atoms with E-state index in [9.17, 15) is 4.79 Å². The van der Waals surface area contributed by atoms with Crippen LogP contribution in [0.1, 0.15) is 34.6 Å². The lowest BCUT2D eigenvalue weighted by molar-refractivity contribution is 0.100. The molecule has 0 saturated carbocycles. The summed E-state index contributed by atoms with van der Waals surface area (Å²) in [6.45, 7) is 0. The van der Waals surface area contributed by atoms with Gasteiger partial charge in [0.25, 0.3) is 5.91 Å². The molecule has 98 valence electrons. The zero-order valence-electron chi connectivity index (χ0n) is 10.6. The van der Waals surface area contributed by atoms with Gasteiger partial charge in [-0.05, 0) is 37.8 Å². The van der Waals surface area contributed by atoms with Gasteiger partial charge in [0.15, 0.2) is 0 Å². The van der Waals surface area contributed by atoms with Gasteiger partial charge in [0.2, 0.25) is 0 Å². The number of imidazole rings is 1. The number of hydrogen-bond donors (Lipinski definition) is 2. The predicted octanol–water partition coefficient (Wildman–Crippen LogP) is 1.43. The molecule has 0 atom stereocenters. The summed E-state index contributed by atoms with van der Waals surface area (Å²) in [5, 5.41) is 0. The molecule has 0 spiro atoms. The number of aromatic nitrogens is 2. The van der Waals surface area contributed by atoms with Gasteiger partial charge in [-0.1, -0.05) is 6.07 Å². The molecule has 4 N–H and O–H groups in total. The second kappa shape index (κ2) is 4.42. The molecule has 1 aliphatic rings. The van der Waals surface area contributed by atoms with Crippen molar-refractivity contribution in [1.29, 1.82) is 0 Å². The molecule has 0 unspecified atom stereocenters. The SMILES string of the molecule is NC(=O)c1cccc(-n2cnc3c2CCCC3)c1N. The third kappa shape index (κ3) is 1.87. The van der Waals surface area contributed by atoms with Crippen molar-refractivity contribution in [2.75, 3.05) is 5.73 Å². The quantitative estimate of drug-likeness (QED) is 0.797. The number of benzene rings is 1. The average Bonchev–Trinajstić information content (AvgIpc) is 2.82. The van der Waals surface area contributed by atoms with Crippen molar-refractivity contribution in [1.82, 2.24) is 9.55 Å². The summed E-state index contributed by atoms with van der Waals surface area (Å²) >= 11 is 0. The first-order valence-corrected chi connectivity index (χ1v) is 6.42. The lowest BCUT2D eigenvalue weighted by Crippen LogP contribution is -2.15. The van der Waals surface area contributed by atoms with Gasteiger partial charge in [-0.3, -0.25) is 4.79 Å². The van der Waals surface area contributed by atoms with E-state index in [1.54, 1.807) is 18.5 Å². The Morgan fingerprint density at radius 1 is 1.26 bits per heavy atom. The molecule has 1 aliphatic carbocycles. The number of carbonyl (C=O) groups is 1. The highest BCUT2D eigenvalue weighted by atomic mass is 16.1. The number of nitrogens with two attached hydrogens (primary N) is 2.